The fraction of sp³-hybridized carbons (Fsp3) is 0.316. The van der Waals surface area contributed by atoms with E-state index in [2.05, 4.69) is 0 Å². The lowest BCUT2D eigenvalue weighted by atomic mass is 10.2. The quantitative estimate of drug-likeness (QED) is 0.523. The monoisotopic (exact) mass is 403 g/mol. The number of para-hydroxylation sites is 1. The third kappa shape index (κ3) is 4.30. The minimum Gasteiger partial charge on any atom is -0.312 e. The molecule has 0 saturated heterocycles. The van der Waals surface area contributed by atoms with Crippen LogP contribution in [-0.4, -0.2) is 38.6 Å². The van der Waals surface area contributed by atoms with E-state index in [1.165, 1.54) is 24.3 Å². The number of nitro groups is 1. The minimum absolute atomic E-state index is 0.0579. The highest BCUT2D eigenvalue weighted by atomic mass is 32.2. The summed E-state index contributed by atoms with van der Waals surface area (Å²) in [6.45, 7) is 0.695. The number of non-ortho nitro benzene ring substituents is 1. The number of fused-ring (bicyclic) bond motifs is 1. The van der Waals surface area contributed by atoms with Gasteiger partial charge in [0.15, 0.2) is 0 Å². The fourth-order valence-electron chi connectivity index (χ4n) is 3.35. The predicted octanol–water partition coefficient (Wildman–Crippen LogP) is 2.73. The van der Waals surface area contributed by atoms with Gasteiger partial charge in [0, 0.05) is 37.3 Å². The highest BCUT2D eigenvalue weighted by Gasteiger charge is 2.25. The van der Waals surface area contributed by atoms with Crippen molar-refractivity contribution in [3.8, 4) is 0 Å². The van der Waals surface area contributed by atoms with Crippen LogP contribution in [0.2, 0.25) is 0 Å². The number of carbonyl (C=O) groups is 1. The van der Waals surface area contributed by atoms with E-state index < -0.39 is 14.9 Å². The van der Waals surface area contributed by atoms with Crippen LogP contribution in [0.3, 0.4) is 0 Å². The van der Waals surface area contributed by atoms with Crippen molar-refractivity contribution in [3.63, 3.8) is 0 Å². The van der Waals surface area contributed by atoms with Crippen LogP contribution >= 0.6 is 0 Å². The predicted molar refractivity (Wildman–Crippen MR) is 107 cm³/mol. The third-order valence-corrected chi connectivity index (χ3v) is 5.86. The molecule has 0 aliphatic carbocycles. The Kier molecular flexibility index (Phi) is 5.64. The summed E-state index contributed by atoms with van der Waals surface area (Å²) < 4.78 is 25.4. The van der Waals surface area contributed by atoms with E-state index in [0.29, 0.717) is 13.0 Å². The van der Waals surface area contributed by atoms with Gasteiger partial charge in [0.25, 0.3) is 5.69 Å². The number of anilines is 2. The molecule has 0 N–H and O–H groups in total. The number of hydrogen-bond acceptors (Lipinski definition) is 5. The molecule has 1 amide bonds. The molecule has 8 nitrogen and oxygen atoms in total. The highest BCUT2D eigenvalue weighted by molar-refractivity contribution is 7.92. The van der Waals surface area contributed by atoms with Crippen molar-refractivity contribution in [2.45, 2.75) is 19.3 Å². The lowest BCUT2D eigenvalue weighted by Crippen LogP contribution is -2.33. The first-order valence-electron chi connectivity index (χ1n) is 8.88. The molecule has 2 aromatic carbocycles. The van der Waals surface area contributed by atoms with E-state index in [0.717, 1.165) is 28.2 Å². The Morgan fingerprint density at radius 2 is 1.96 bits per heavy atom. The Morgan fingerprint density at radius 1 is 1.21 bits per heavy atom. The molecule has 3 rings (SSSR count). The molecule has 1 heterocycles. The molecule has 148 valence electrons. The highest BCUT2D eigenvalue weighted by Crippen LogP contribution is 2.28. The number of carbonyl (C=O) groups excluding carboxylic acids is 1. The Bertz CT molecular complexity index is 1010. The molecule has 9 heteroatoms. The maximum Gasteiger partial charge on any atom is 0.271 e. The minimum atomic E-state index is -3.64. The normalized spacial score (nSPS) is 13.2. The van der Waals surface area contributed by atoms with E-state index in [1.807, 2.05) is 24.3 Å². The van der Waals surface area contributed by atoms with Gasteiger partial charge in [-0.05, 0) is 30.5 Å². The summed E-state index contributed by atoms with van der Waals surface area (Å²) in [5, 5.41) is 11.0. The zero-order chi connectivity index (χ0) is 20.3. The van der Waals surface area contributed by atoms with E-state index >= 15 is 0 Å². The van der Waals surface area contributed by atoms with Crippen LogP contribution in [-0.2, 0) is 21.2 Å². The van der Waals surface area contributed by atoms with Crippen molar-refractivity contribution in [2.24, 2.45) is 0 Å². The van der Waals surface area contributed by atoms with E-state index in [1.54, 1.807) is 4.90 Å². The van der Waals surface area contributed by atoms with Crippen molar-refractivity contribution in [1.29, 1.82) is 0 Å². The van der Waals surface area contributed by atoms with Crippen molar-refractivity contribution in [3.05, 3.63) is 64.2 Å². The van der Waals surface area contributed by atoms with Crippen LogP contribution < -0.4 is 9.21 Å². The average Bonchev–Trinajstić information content (AvgIpc) is 3.08. The fourth-order valence-corrected chi connectivity index (χ4v) is 4.31. The lowest BCUT2D eigenvalue weighted by molar-refractivity contribution is -0.384. The second-order valence-corrected chi connectivity index (χ2v) is 8.55. The summed E-state index contributed by atoms with van der Waals surface area (Å²) in [6.07, 6.45) is 2.36. The van der Waals surface area contributed by atoms with Gasteiger partial charge in [-0.25, -0.2) is 8.42 Å². The molecule has 0 radical (unpaired) electrons. The zero-order valence-electron chi connectivity index (χ0n) is 15.4. The smallest absolute Gasteiger partial charge is 0.271 e. The van der Waals surface area contributed by atoms with Crippen LogP contribution in [0, 0.1) is 10.1 Å². The van der Waals surface area contributed by atoms with Crippen molar-refractivity contribution >= 4 is 33.0 Å². The molecule has 0 bridgehead atoms. The van der Waals surface area contributed by atoms with Gasteiger partial charge in [0.1, 0.15) is 0 Å². The molecule has 0 unspecified atom stereocenters. The number of nitrogens with zero attached hydrogens (tertiary/aromatic N) is 3. The summed E-state index contributed by atoms with van der Waals surface area (Å²) in [6, 6.07) is 13.2. The number of amides is 1. The molecule has 1 aliphatic heterocycles. The number of hydrogen-bond donors (Lipinski definition) is 0. The van der Waals surface area contributed by atoms with Gasteiger partial charge in [-0.3, -0.25) is 19.2 Å². The van der Waals surface area contributed by atoms with Crippen LogP contribution in [0.5, 0.6) is 0 Å². The van der Waals surface area contributed by atoms with Gasteiger partial charge < -0.3 is 4.90 Å². The standard InChI is InChI=1S/C19H21N3O5S/c1-28(26,27)21(16-7-4-8-17(14-16)22(24)25)12-5-10-19(23)20-13-11-15-6-2-3-9-18(15)20/h2-4,6-9,14H,5,10-13H2,1H3. The summed E-state index contributed by atoms with van der Waals surface area (Å²) >= 11 is 0. The number of benzene rings is 2. The number of rotatable bonds is 7. The molecule has 1 aliphatic rings. The van der Waals surface area contributed by atoms with Crippen LogP contribution in [0.1, 0.15) is 18.4 Å². The second kappa shape index (κ2) is 7.97. The SMILES string of the molecule is CS(=O)(=O)N(CCCC(=O)N1CCc2ccccc21)c1cccc([N+](=O)[O-])c1. The molecule has 0 fully saturated rings. The Balaban J connectivity index is 1.68. The van der Waals surface area contributed by atoms with Gasteiger partial charge in [-0.2, -0.15) is 0 Å². The maximum absolute atomic E-state index is 12.6. The summed E-state index contributed by atoms with van der Waals surface area (Å²) in [4.78, 5) is 24.7. The largest absolute Gasteiger partial charge is 0.312 e. The molecule has 2 aromatic rings. The molecule has 0 atom stereocenters. The van der Waals surface area contributed by atoms with Crippen molar-refractivity contribution < 1.29 is 18.1 Å². The van der Waals surface area contributed by atoms with Crippen LogP contribution in [0.15, 0.2) is 48.5 Å². The van der Waals surface area contributed by atoms with E-state index in [-0.39, 0.29) is 30.2 Å². The van der Waals surface area contributed by atoms with Crippen molar-refractivity contribution in [2.75, 3.05) is 28.6 Å². The van der Waals surface area contributed by atoms with Crippen LogP contribution in [0.4, 0.5) is 17.1 Å². The third-order valence-electron chi connectivity index (χ3n) is 4.67. The van der Waals surface area contributed by atoms with Crippen LogP contribution in [0.25, 0.3) is 0 Å². The molecule has 28 heavy (non-hydrogen) atoms. The number of nitro benzene ring substituents is 1. The first-order valence-corrected chi connectivity index (χ1v) is 10.7. The molecular formula is C19H21N3O5S. The summed E-state index contributed by atoms with van der Waals surface area (Å²) in [5.41, 5.74) is 2.07. The first kappa shape index (κ1) is 19.8. The van der Waals surface area contributed by atoms with E-state index in [4.69, 9.17) is 0 Å². The Labute approximate surface area is 163 Å². The average molecular weight is 403 g/mol. The summed E-state index contributed by atoms with van der Waals surface area (Å²) in [7, 11) is -3.64. The van der Waals surface area contributed by atoms with Gasteiger partial charge in [-0.1, -0.05) is 24.3 Å². The Morgan fingerprint density at radius 3 is 2.68 bits per heavy atom. The van der Waals surface area contributed by atoms with Gasteiger partial charge >= 0.3 is 0 Å². The van der Waals surface area contributed by atoms with Crippen molar-refractivity contribution in [1.82, 2.24) is 0 Å². The molecular weight excluding hydrogens is 382 g/mol. The topological polar surface area (TPSA) is 101 Å². The molecule has 0 saturated carbocycles. The van der Waals surface area contributed by atoms with Gasteiger partial charge in [-0.15, -0.1) is 0 Å². The van der Waals surface area contributed by atoms with Gasteiger partial charge in [0.2, 0.25) is 15.9 Å². The van der Waals surface area contributed by atoms with E-state index in [9.17, 15) is 23.3 Å². The molecule has 0 aromatic heterocycles. The first-order chi connectivity index (χ1) is 13.3. The van der Waals surface area contributed by atoms with Gasteiger partial charge in [0.05, 0.1) is 16.9 Å². The Hall–Kier alpha value is -2.94. The second-order valence-electron chi connectivity index (χ2n) is 6.64. The molecule has 0 spiro atoms. The number of sulfonamides is 1. The zero-order valence-corrected chi connectivity index (χ0v) is 16.3. The summed E-state index contributed by atoms with van der Waals surface area (Å²) in [5.74, 6) is -0.0579. The maximum atomic E-state index is 12.6. The lowest BCUT2D eigenvalue weighted by Gasteiger charge is -2.23.